The summed E-state index contributed by atoms with van der Waals surface area (Å²) in [5.41, 5.74) is 5.55. The van der Waals surface area contributed by atoms with Crippen molar-refractivity contribution in [1.29, 1.82) is 5.26 Å². The highest BCUT2D eigenvalue weighted by atomic mass is 32.1. The second kappa shape index (κ2) is 4.82. The fourth-order valence-electron chi connectivity index (χ4n) is 1.16. The van der Waals surface area contributed by atoms with Crippen LogP contribution < -0.4 is 10.6 Å². The van der Waals surface area contributed by atoms with Gasteiger partial charge in [0.15, 0.2) is 15.8 Å². The summed E-state index contributed by atoms with van der Waals surface area (Å²) in [6.45, 7) is 3.04. The molecule has 0 aromatic carbocycles. The number of anilines is 2. The van der Waals surface area contributed by atoms with Crippen LogP contribution in [0.2, 0.25) is 0 Å². The number of nitriles is 1. The molecule has 0 amide bonds. The third-order valence-electron chi connectivity index (χ3n) is 1.94. The van der Waals surface area contributed by atoms with Gasteiger partial charge in [-0.2, -0.15) is 5.26 Å². The molecular formula is C9H14N4S. The van der Waals surface area contributed by atoms with Gasteiger partial charge in [0.05, 0.1) is 0 Å². The molecular weight excluding hydrogens is 196 g/mol. The van der Waals surface area contributed by atoms with Gasteiger partial charge in [0, 0.05) is 13.6 Å². The minimum Gasteiger partial charge on any atom is -0.375 e. The maximum absolute atomic E-state index is 8.84. The number of nitrogens with two attached hydrogens (primary N) is 1. The number of aromatic nitrogens is 1. The summed E-state index contributed by atoms with van der Waals surface area (Å²) in [5.74, 6) is 0.712. The number of unbranched alkanes of at least 4 members (excludes halogenated alkanes) is 1. The summed E-state index contributed by atoms with van der Waals surface area (Å²) < 4.78 is 0. The molecule has 0 unspecified atom stereocenters. The van der Waals surface area contributed by atoms with E-state index in [1.165, 1.54) is 11.3 Å². The Morgan fingerprint density at radius 3 is 2.93 bits per heavy atom. The molecule has 1 aromatic rings. The quantitative estimate of drug-likeness (QED) is 0.823. The van der Waals surface area contributed by atoms with Gasteiger partial charge in [-0.05, 0) is 6.42 Å². The fourth-order valence-corrected chi connectivity index (χ4v) is 1.84. The van der Waals surface area contributed by atoms with Crippen molar-refractivity contribution in [2.45, 2.75) is 19.8 Å². The predicted molar refractivity (Wildman–Crippen MR) is 59.4 cm³/mol. The molecule has 0 aliphatic rings. The second-order valence-electron chi connectivity index (χ2n) is 3.09. The van der Waals surface area contributed by atoms with E-state index in [-0.39, 0.29) is 0 Å². The molecule has 0 spiro atoms. The molecule has 5 heteroatoms. The van der Waals surface area contributed by atoms with Crippen LogP contribution in [0.4, 0.5) is 10.9 Å². The minimum atomic E-state index is 0.458. The van der Waals surface area contributed by atoms with Crippen molar-refractivity contribution in [1.82, 2.24) is 4.98 Å². The molecule has 2 N–H and O–H groups in total. The maximum atomic E-state index is 8.84. The monoisotopic (exact) mass is 210 g/mol. The molecule has 0 radical (unpaired) electrons. The van der Waals surface area contributed by atoms with E-state index >= 15 is 0 Å². The van der Waals surface area contributed by atoms with Crippen LogP contribution in [0.3, 0.4) is 0 Å². The molecule has 0 saturated heterocycles. The van der Waals surface area contributed by atoms with E-state index in [1.54, 1.807) is 0 Å². The highest BCUT2D eigenvalue weighted by Crippen LogP contribution is 2.26. The van der Waals surface area contributed by atoms with E-state index in [2.05, 4.69) is 18.0 Å². The van der Waals surface area contributed by atoms with Crippen LogP contribution in [0.15, 0.2) is 0 Å². The number of nitrogen functional groups attached to an aromatic ring is 1. The summed E-state index contributed by atoms with van der Waals surface area (Å²) in [5, 5.41) is 9.30. The Bertz CT molecular complexity index is 339. The van der Waals surface area contributed by atoms with Crippen molar-refractivity contribution < 1.29 is 0 Å². The Kier molecular flexibility index (Phi) is 3.72. The van der Waals surface area contributed by atoms with Gasteiger partial charge < -0.3 is 10.6 Å². The zero-order valence-corrected chi connectivity index (χ0v) is 9.27. The zero-order valence-electron chi connectivity index (χ0n) is 8.45. The van der Waals surface area contributed by atoms with Gasteiger partial charge >= 0.3 is 0 Å². The van der Waals surface area contributed by atoms with Crippen molar-refractivity contribution in [3.8, 4) is 6.07 Å². The molecule has 1 heterocycles. The lowest BCUT2D eigenvalue weighted by atomic mass is 10.3. The van der Waals surface area contributed by atoms with E-state index < -0.39 is 0 Å². The summed E-state index contributed by atoms with van der Waals surface area (Å²) in [7, 11) is 1.94. The van der Waals surface area contributed by atoms with Crippen molar-refractivity contribution in [2.75, 3.05) is 24.2 Å². The van der Waals surface area contributed by atoms with Gasteiger partial charge in [-0.25, -0.2) is 4.98 Å². The highest BCUT2D eigenvalue weighted by Gasteiger charge is 2.12. The number of rotatable bonds is 4. The minimum absolute atomic E-state index is 0.458. The van der Waals surface area contributed by atoms with Crippen LogP contribution in [0.5, 0.6) is 0 Å². The van der Waals surface area contributed by atoms with Gasteiger partial charge in [-0.15, -0.1) is 0 Å². The summed E-state index contributed by atoms with van der Waals surface area (Å²) in [6.07, 6.45) is 2.23. The summed E-state index contributed by atoms with van der Waals surface area (Å²) in [4.78, 5) is 6.71. The van der Waals surface area contributed by atoms with Crippen molar-refractivity contribution >= 4 is 22.3 Å². The lowest BCUT2D eigenvalue weighted by Crippen LogP contribution is -2.19. The Balaban J connectivity index is 2.78. The molecule has 0 aliphatic heterocycles. The Morgan fingerprint density at radius 2 is 2.36 bits per heavy atom. The van der Waals surface area contributed by atoms with E-state index in [1.807, 2.05) is 11.9 Å². The molecule has 0 atom stereocenters. The van der Waals surface area contributed by atoms with E-state index in [0.717, 1.165) is 19.4 Å². The van der Waals surface area contributed by atoms with Gasteiger partial charge in [-0.1, -0.05) is 24.7 Å². The van der Waals surface area contributed by atoms with Crippen LogP contribution in [0.25, 0.3) is 0 Å². The fraction of sp³-hybridized carbons (Fsp3) is 0.556. The van der Waals surface area contributed by atoms with Gasteiger partial charge in [-0.3, -0.25) is 0 Å². The van der Waals surface area contributed by atoms with Crippen LogP contribution in [0, 0.1) is 11.3 Å². The molecule has 1 rings (SSSR count). The first kappa shape index (κ1) is 10.8. The Labute approximate surface area is 88.0 Å². The highest BCUT2D eigenvalue weighted by molar-refractivity contribution is 7.16. The average Bonchev–Trinajstić information content (AvgIpc) is 2.56. The first-order valence-electron chi connectivity index (χ1n) is 4.56. The number of hydrogen-bond donors (Lipinski definition) is 1. The van der Waals surface area contributed by atoms with Crippen molar-refractivity contribution in [3.63, 3.8) is 0 Å². The van der Waals surface area contributed by atoms with E-state index in [4.69, 9.17) is 11.0 Å². The predicted octanol–water partition coefficient (Wildman–Crippen LogP) is 1.83. The molecule has 0 fully saturated rings. The zero-order chi connectivity index (χ0) is 10.6. The molecule has 14 heavy (non-hydrogen) atoms. The first-order valence-corrected chi connectivity index (χ1v) is 5.38. The van der Waals surface area contributed by atoms with Gasteiger partial charge in [0.25, 0.3) is 0 Å². The molecule has 0 saturated carbocycles. The average molecular weight is 210 g/mol. The Hall–Kier alpha value is -1.28. The summed E-state index contributed by atoms with van der Waals surface area (Å²) in [6, 6.07) is 2.11. The van der Waals surface area contributed by atoms with Gasteiger partial charge in [0.1, 0.15) is 6.07 Å². The maximum Gasteiger partial charge on any atom is 0.183 e. The molecule has 76 valence electrons. The van der Waals surface area contributed by atoms with Crippen molar-refractivity contribution in [3.05, 3.63) is 4.88 Å². The molecule has 1 aromatic heterocycles. The SMILES string of the molecule is CCCCN(C)c1nc(N)sc1C#N. The third-order valence-corrected chi connectivity index (χ3v) is 2.71. The Morgan fingerprint density at radius 1 is 1.64 bits per heavy atom. The second-order valence-corrected chi connectivity index (χ2v) is 4.12. The van der Waals surface area contributed by atoms with E-state index in [9.17, 15) is 0 Å². The lowest BCUT2D eigenvalue weighted by molar-refractivity contribution is 0.761. The lowest BCUT2D eigenvalue weighted by Gasteiger charge is -2.15. The summed E-state index contributed by atoms with van der Waals surface area (Å²) >= 11 is 1.24. The third kappa shape index (κ3) is 2.36. The van der Waals surface area contributed by atoms with Crippen LogP contribution >= 0.6 is 11.3 Å². The molecule has 0 aliphatic carbocycles. The van der Waals surface area contributed by atoms with Crippen LogP contribution in [-0.2, 0) is 0 Å². The van der Waals surface area contributed by atoms with E-state index in [0.29, 0.717) is 15.8 Å². The van der Waals surface area contributed by atoms with Crippen LogP contribution in [0.1, 0.15) is 24.6 Å². The largest absolute Gasteiger partial charge is 0.375 e. The van der Waals surface area contributed by atoms with Crippen molar-refractivity contribution in [2.24, 2.45) is 0 Å². The number of thiazole rings is 1. The van der Waals surface area contributed by atoms with Crippen LogP contribution in [-0.4, -0.2) is 18.6 Å². The number of nitrogens with zero attached hydrogens (tertiary/aromatic N) is 3. The standard InChI is InChI=1S/C9H14N4S/c1-3-4-5-13(2)8-7(6-10)14-9(11)12-8/h3-5H2,1-2H3,(H2,11,12). The molecule has 4 nitrogen and oxygen atoms in total. The molecule has 0 bridgehead atoms. The topological polar surface area (TPSA) is 65.9 Å². The van der Waals surface area contributed by atoms with Gasteiger partial charge in [0.2, 0.25) is 0 Å². The normalized spacial score (nSPS) is 9.79. The number of hydrogen-bond acceptors (Lipinski definition) is 5. The smallest absolute Gasteiger partial charge is 0.183 e. The first-order chi connectivity index (χ1) is 6.69.